The van der Waals surface area contributed by atoms with Gasteiger partial charge in [-0.25, -0.2) is 0 Å². The fraction of sp³-hybridized carbons (Fsp3) is 1.00. The quantitative estimate of drug-likeness (QED) is 0.551. The molecule has 0 aromatic rings. The number of hydrogen-bond donors (Lipinski definition) is 1. The first kappa shape index (κ1) is 18.9. The van der Waals surface area contributed by atoms with Gasteiger partial charge in [-0.1, -0.05) is 33.6 Å². The normalized spacial score (nSPS) is 13.7. The highest BCUT2D eigenvalue weighted by atomic mass is 15.2. The summed E-state index contributed by atoms with van der Waals surface area (Å²) in [5, 5.41) is 3.48. The molecule has 0 amide bonds. The van der Waals surface area contributed by atoms with Crippen LogP contribution in [0.2, 0.25) is 0 Å². The van der Waals surface area contributed by atoms with E-state index in [1.165, 1.54) is 45.3 Å². The predicted molar refractivity (Wildman–Crippen MR) is 86.9 cm³/mol. The fourth-order valence-electron chi connectivity index (χ4n) is 2.52. The minimum absolute atomic E-state index is 0.627. The van der Waals surface area contributed by atoms with Crippen molar-refractivity contribution in [3.05, 3.63) is 0 Å². The number of likely N-dealkylation sites (N-methyl/N-ethyl adjacent to an activating group) is 2. The van der Waals surface area contributed by atoms with Gasteiger partial charge in [-0.15, -0.1) is 0 Å². The van der Waals surface area contributed by atoms with Gasteiger partial charge in [0.25, 0.3) is 0 Å². The molecule has 0 aliphatic rings. The molecule has 3 nitrogen and oxygen atoms in total. The maximum absolute atomic E-state index is 3.48. The first-order valence-electron chi connectivity index (χ1n) is 8.09. The Morgan fingerprint density at radius 3 is 2.11 bits per heavy atom. The van der Waals surface area contributed by atoms with Crippen LogP contribution in [0.3, 0.4) is 0 Å². The molecule has 0 rings (SSSR count). The smallest absolute Gasteiger partial charge is 0.0194 e. The Morgan fingerprint density at radius 1 is 0.947 bits per heavy atom. The average molecular weight is 271 g/mol. The lowest BCUT2D eigenvalue weighted by Gasteiger charge is -2.29. The Balaban J connectivity index is 3.56. The molecule has 3 heteroatoms. The standard InChI is InChI=1S/C16H37N3/c1-7-19(16(4)14-18(5)6)13-11-9-8-10-12-17-15(2)3/h15-17H,7-14H2,1-6H3. The van der Waals surface area contributed by atoms with Crippen molar-refractivity contribution in [2.75, 3.05) is 40.3 Å². The van der Waals surface area contributed by atoms with E-state index in [9.17, 15) is 0 Å². The molecule has 0 aromatic heterocycles. The molecule has 0 spiro atoms. The van der Waals surface area contributed by atoms with Gasteiger partial charge in [-0.2, -0.15) is 0 Å². The summed E-state index contributed by atoms with van der Waals surface area (Å²) < 4.78 is 0. The molecule has 1 unspecified atom stereocenters. The van der Waals surface area contributed by atoms with Crippen molar-refractivity contribution in [1.82, 2.24) is 15.1 Å². The fourth-order valence-corrected chi connectivity index (χ4v) is 2.52. The lowest BCUT2D eigenvalue weighted by molar-refractivity contribution is 0.178. The summed E-state index contributed by atoms with van der Waals surface area (Å²) in [5.74, 6) is 0. The highest BCUT2D eigenvalue weighted by molar-refractivity contribution is 4.68. The molecule has 0 saturated heterocycles. The van der Waals surface area contributed by atoms with Crippen molar-refractivity contribution >= 4 is 0 Å². The molecule has 0 aromatic carbocycles. The number of rotatable bonds is 12. The second-order valence-corrected chi connectivity index (χ2v) is 6.26. The summed E-state index contributed by atoms with van der Waals surface area (Å²) in [4.78, 5) is 4.89. The van der Waals surface area contributed by atoms with Gasteiger partial charge in [0.15, 0.2) is 0 Å². The summed E-state index contributed by atoms with van der Waals surface area (Å²) in [6.45, 7) is 13.8. The number of unbranched alkanes of at least 4 members (excludes halogenated alkanes) is 3. The van der Waals surface area contributed by atoms with Crippen LogP contribution in [0.4, 0.5) is 0 Å². The van der Waals surface area contributed by atoms with Gasteiger partial charge in [0.2, 0.25) is 0 Å². The van der Waals surface area contributed by atoms with Crippen LogP contribution < -0.4 is 5.32 Å². The Labute approximate surface area is 121 Å². The molecule has 19 heavy (non-hydrogen) atoms. The molecule has 0 bridgehead atoms. The summed E-state index contributed by atoms with van der Waals surface area (Å²) in [6, 6.07) is 1.30. The van der Waals surface area contributed by atoms with Crippen LogP contribution in [0.25, 0.3) is 0 Å². The van der Waals surface area contributed by atoms with Crippen LogP contribution in [0.5, 0.6) is 0 Å². The minimum atomic E-state index is 0.627. The van der Waals surface area contributed by atoms with Gasteiger partial charge in [0.05, 0.1) is 0 Å². The molecule has 0 aliphatic heterocycles. The zero-order valence-electron chi connectivity index (χ0n) is 14.2. The lowest BCUT2D eigenvalue weighted by atomic mass is 10.1. The highest BCUT2D eigenvalue weighted by Gasteiger charge is 2.11. The van der Waals surface area contributed by atoms with E-state index in [0.29, 0.717) is 12.1 Å². The van der Waals surface area contributed by atoms with Crippen LogP contribution in [0.1, 0.15) is 53.4 Å². The average Bonchev–Trinajstić information content (AvgIpc) is 2.31. The van der Waals surface area contributed by atoms with E-state index in [2.05, 4.69) is 56.9 Å². The third-order valence-corrected chi connectivity index (χ3v) is 3.58. The highest BCUT2D eigenvalue weighted by Crippen LogP contribution is 2.05. The topological polar surface area (TPSA) is 18.5 Å². The van der Waals surface area contributed by atoms with Crippen LogP contribution in [0.15, 0.2) is 0 Å². The molecule has 116 valence electrons. The van der Waals surface area contributed by atoms with Crippen molar-refractivity contribution in [2.24, 2.45) is 0 Å². The van der Waals surface area contributed by atoms with E-state index in [0.717, 1.165) is 6.54 Å². The van der Waals surface area contributed by atoms with E-state index in [1.54, 1.807) is 0 Å². The second-order valence-electron chi connectivity index (χ2n) is 6.26. The first-order valence-corrected chi connectivity index (χ1v) is 8.09. The zero-order chi connectivity index (χ0) is 14.7. The molecular formula is C16H37N3. The number of nitrogens with zero attached hydrogens (tertiary/aromatic N) is 2. The van der Waals surface area contributed by atoms with Gasteiger partial charge >= 0.3 is 0 Å². The van der Waals surface area contributed by atoms with Crippen LogP contribution in [-0.2, 0) is 0 Å². The maximum Gasteiger partial charge on any atom is 0.0194 e. The summed E-state index contributed by atoms with van der Waals surface area (Å²) >= 11 is 0. The zero-order valence-corrected chi connectivity index (χ0v) is 14.2. The van der Waals surface area contributed by atoms with E-state index in [1.807, 2.05) is 0 Å². The molecular weight excluding hydrogens is 234 g/mol. The maximum atomic E-state index is 3.48. The molecule has 1 N–H and O–H groups in total. The van der Waals surface area contributed by atoms with Gasteiger partial charge in [-0.05, 0) is 53.5 Å². The molecule has 0 heterocycles. The van der Waals surface area contributed by atoms with Crippen molar-refractivity contribution in [3.8, 4) is 0 Å². The number of nitrogens with one attached hydrogen (secondary N) is 1. The van der Waals surface area contributed by atoms with Crippen LogP contribution >= 0.6 is 0 Å². The third-order valence-electron chi connectivity index (χ3n) is 3.58. The first-order chi connectivity index (χ1) is 8.97. The Bertz CT molecular complexity index is 192. The molecule has 0 fully saturated rings. The number of hydrogen-bond acceptors (Lipinski definition) is 3. The minimum Gasteiger partial charge on any atom is -0.315 e. The van der Waals surface area contributed by atoms with Gasteiger partial charge in [0, 0.05) is 18.6 Å². The summed E-state index contributed by atoms with van der Waals surface area (Å²) in [7, 11) is 4.32. The van der Waals surface area contributed by atoms with Gasteiger partial charge in [0.1, 0.15) is 0 Å². The van der Waals surface area contributed by atoms with E-state index in [4.69, 9.17) is 0 Å². The van der Waals surface area contributed by atoms with Gasteiger partial charge < -0.3 is 10.2 Å². The van der Waals surface area contributed by atoms with Crippen molar-refractivity contribution in [2.45, 2.75) is 65.5 Å². The Morgan fingerprint density at radius 2 is 1.58 bits per heavy atom. The SMILES string of the molecule is CCN(CCCCCCNC(C)C)C(C)CN(C)C. The summed E-state index contributed by atoms with van der Waals surface area (Å²) in [5.41, 5.74) is 0. The van der Waals surface area contributed by atoms with E-state index < -0.39 is 0 Å². The van der Waals surface area contributed by atoms with E-state index >= 15 is 0 Å². The lowest BCUT2D eigenvalue weighted by Crippen LogP contribution is -2.40. The third kappa shape index (κ3) is 11.4. The van der Waals surface area contributed by atoms with Crippen LogP contribution in [-0.4, -0.2) is 62.2 Å². The van der Waals surface area contributed by atoms with Crippen molar-refractivity contribution < 1.29 is 0 Å². The van der Waals surface area contributed by atoms with Gasteiger partial charge in [-0.3, -0.25) is 4.90 Å². The Kier molecular flexibility index (Phi) is 11.6. The van der Waals surface area contributed by atoms with Crippen molar-refractivity contribution in [3.63, 3.8) is 0 Å². The molecule has 1 atom stereocenters. The second kappa shape index (κ2) is 11.7. The molecule has 0 aliphatic carbocycles. The predicted octanol–water partition coefficient (Wildman–Crippen LogP) is 2.82. The monoisotopic (exact) mass is 271 g/mol. The summed E-state index contributed by atoms with van der Waals surface area (Å²) in [6.07, 6.45) is 5.38. The van der Waals surface area contributed by atoms with Crippen molar-refractivity contribution in [1.29, 1.82) is 0 Å². The molecule has 0 saturated carbocycles. The molecule has 0 radical (unpaired) electrons. The van der Waals surface area contributed by atoms with Crippen LogP contribution in [0, 0.1) is 0 Å². The Hall–Kier alpha value is -0.120. The largest absolute Gasteiger partial charge is 0.315 e. The van der Waals surface area contributed by atoms with E-state index in [-0.39, 0.29) is 0 Å².